The van der Waals surface area contributed by atoms with Crippen LogP contribution in [0.2, 0.25) is 0 Å². The lowest BCUT2D eigenvalue weighted by Crippen LogP contribution is -2.13. The summed E-state index contributed by atoms with van der Waals surface area (Å²) in [4.78, 5) is 15.2. The molecule has 0 bridgehead atoms. The van der Waals surface area contributed by atoms with Crippen molar-refractivity contribution in [3.8, 4) is 5.75 Å². The summed E-state index contributed by atoms with van der Waals surface area (Å²) >= 11 is 0. The van der Waals surface area contributed by atoms with Gasteiger partial charge in [-0.2, -0.15) is 0 Å². The van der Waals surface area contributed by atoms with Gasteiger partial charge in [0.15, 0.2) is 0 Å². The second-order valence-electron chi connectivity index (χ2n) is 4.57. The highest BCUT2D eigenvalue weighted by atomic mass is 19.1. The fraction of sp³-hybridized carbons (Fsp3) is 0.0625. The Hall–Kier alpha value is -2.82. The van der Waals surface area contributed by atoms with Gasteiger partial charge in [-0.1, -0.05) is 18.2 Å². The Bertz CT molecular complexity index is 778. The Kier molecular flexibility index (Phi) is 3.31. The van der Waals surface area contributed by atoms with Crippen molar-refractivity contribution in [3.63, 3.8) is 0 Å². The van der Waals surface area contributed by atoms with Gasteiger partial charge in [0.05, 0.1) is 12.8 Å². The fourth-order valence-electron chi connectivity index (χ4n) is 2.11. The number of hydrogen-bond donors (Lipinski definition) is 2. The van der Waals surface area contributed by atoms with Crippen LogP contribution in [-0.2, 0) is 0 Å². The van der Waals surface area contributed by atoms with Crippen LogP contribution in [0, 0.1) is 5.82 Å². The van der Waals surface area contributed by atoms with Gasteiger partial charge in [0.1, 0.15) is 17.3 Å². The minimum atomic E-state index is -0.514. The van der Waals surface area contributed by atoms with E-state index in [-0.39, 0.29) is 5.69 Å². The van der Waals surface area contributed by atoms with Crippen LogP contribution < -0.4 is 10.1 Å². The van der Waals surface area contributed by atoms with E-state index in [1.807, 2.05) is 24.3 Å². The number of carbonyl (C=O) groups excluding carboxylic acids is 1. The molecule has 5 heteroatoms. The number of hydrogen-bond acceptors (Lipinski definition) is 2. The van der Waals surface area contributed by atoms with E-state index >= 15 is 0 Å². The number of methoxy groups -OCH3 is 1. The monoisotopic (exact) mass is 284 g/mol. The molecule has 3 rings (SSSR count). The topological polar surface area (TPSA) is 54.1 Å². The van der Waals surface area contributed by atoms with Crippen LogP contribution in [-0.4, -0.2) is 18.0 Å². The summed E-state index contributed by atoms with van der Waals surface area (Å²) in [6.45, 7) is 0. The number of aromatic nitrogens is 1. The Labute approximate surface area is 120 Å². The largest absolute Gasteiger partial charge is 0.497 e. The van der Waals surface area contributed by atoms with Crippen molar-refractivity contribution in [2.45, 2.75) is 0 Å². The molecule has 1 amide bonds. The van der Waals surface area contributed by atoms with Crippen molar-refractivity contribution in [2.75, 3.05) is 12.4 Å². The lowest BCUT2D eigenvalue weighted by molar-refractivity contribution is 0.102. The maximum Gasteiger partial charge on any atom is 0.272 e. The van der Waals surface area contributed by atoms with Crippen LogP contribution in [0.25, 0.3) is 10.9 Å². The Morgan fingerprint density at radius 3 is 2.76 bits per heavy atom. The third-order valence-electron chi connectivity index (χ3n) is 3.20. The molecular weight excluding hydrogens is 271 g/mol. The maximum atomic E-state index is 13.7. The van der Waals surface area contributed by atoms with E-state index < -0.39 is 11.7 Å². The molecule has 0 unspecified atom stereocenters. The molecule has 21 heavy (non-hydrogen) atoms. The first kappa shape index (κ1) is 13.2. The van der Waals surface area contributed by atoms with Gasteiger partial charge in [0, 0.05) is 17.0 Å². The van der Waals surface area contributed by atoms with Gasteiger partial charge in [0.25, 0.3) is 5.91 Å². The van der Waals surface area contributed by atoms with Gasteiger partial charge in [-0.3, -0.25) is 4.79 Å². The van der Waals surface area contributed by atoms with Crippen molar-refractivity contribution in [1.29, 1.82) is 0 Å². The van der Waals surface area contributed by atoms with E-state index in [9.17, 15) is 9.18 Å². The number of aromatic amines is 1. The molecule has 106 valence electrons. The first-order chi connectivity index (χ1) is 10.2. The lowest BCUT2D eigenvalue weighted by atomic mass is 10.2. The number of amides is 1. The third-order valence-corrected chi connectivity index (χ3v) is 3.20. The van der Waals surface area contributed by atoms with Crippen molar-refractivity contribution < 1.29 is 13.9 Å². The predicted octanol–water partition coefficient (Wildman–Crippen LogP) is 3.57. The Balaban J connectivity index is 1.89. The van der Waals surface area contributed by atoms with Crippen molar-refractivity contribution in [1.82, 2.24) is 4.98 Å². The number of benzene rings is 2. The minimum Gasteiger partial charge on any atom is -0.497 e. The van der Waals surface area contributed by atoms with Crippen LogP contribution in [0.3, 0.4) is 0 Å². The minimum absolute atomic E-state index is 0.0815. The molecule has 0 aliphatic heterocycles. The lowest BCUT2D eigenvalue weighted by Gasteiger charge is -2.07. The van der Waals surface area contributed by atoms with E-state index in [0.717, 1.165) is 10.9 Å². The number of rotatable bonds is 3. The molecule has 0 aliphatic rings. The van der Waals surface area contributed by atoms with Gasteiger partial charge in [-0.05, 0) is 24.3 Å². The molecule has 4 nitrogen and oxygen atoms in total. The standard InChI is InChI=1S/C16H13FN2O2/c1-21-11-6-7-12(17)14(9-11)19-16(20)15-8-10-4-2-3-5-13(10)18-15/h2-9,18H,1H3,(H,19,20). The smallest absolute Gasteiger partial charge is 0.272 e. The normalized spacial score (nSPS) is 10.6. The predicted molar refractivity (Wildman–Crippen MR) is 79.2 cm³/mol. The zero-order valence-electron chi connectivity index (χ0n) is 11.3. The Morgan fingerprint density at radius 1 is 1.19 bits per heavy atom. The number of halogens is 1. The summed E-state index contributed by atoms with van der Waals surface area (Å²) in [5.74, 6) is -0.443. The highest BCUT2D eigenvalue weighted by Crippen LogP contribution is 2.22. The molecule has 0 radical (unpaired) electrons. The van der Waals surface area contributed by atoms with Crippen LogP contribution in [0.4, 0.5) is 10.1 Å². The van der Waals surface area contributed by atoms with Crippen LogP contribution >= 0.6 is 0 Å². The van der Waals surface area contributed by atoms with E-state index in [0.29, 0.717) is 11.4 Å². The highest BCUT2D eigenvalue weighted by molar-refractivity contribution is 6.06. The molecule has 0 atom stereocenters. The van der Waals surface area contributed by atoms with E-state index in [4.69, 9.17) is 4.74 Å². The van der Waals surface area contributed by atoms with Gasteiger partial charge in [0.2, 0.25) is 0 Å². The zero-order valence-corrected chi connectivity index (χ0v) is 11.3. The third kappa shape index (κ3) is 2.58. The highest BCUT2D eigenvalue weighted by Gasteiger charge is 2.12. The van der Waals surface area contributed by atoms with Crippen molar-refractivity contribution in [3.05, 3.63) is 60.0 Å². The number of fused-ring (bicyclic) bond motifs is 1. The van der Waals surface area contributed by atoms with Crippen molar-refractivity contribution >= 4 is 22.5 Å². The fourth-order valence-corrected chi connectivity index (χ4v) is 2.11. The van der Waals surface area contributed by atoms with E-state index in [1.54, 1.807) is 6.07 Å². The summed E-state index contributed by atoms with van der Waals surface area (Å²) in [6.07, 6.45) is 0. The number of anilines is 1. The average molecular weight is 284 g/mol. The first-order valence-electron chi connectivity index (χ1n) is 6.40. The second-order valence-corrected chi connectivity index (χ2v) is 4.57. The molecule has 1 heterocycles. The zero-order chi connectivity index (χ0) is 14.8. The van der Waals surface area contributed by atoms with E-state index in [1.165, 1.54) is 25.3 Å². The van der Waals surface area contributed by atoms with Gasteiger partial charge in [-0.15, -0.1) is 0 Å². The van der Waals surface area contributed by atoms with Crippen LogP contribution in [0.15, 0.2) is 48.5 Å². The van der Waals surface area contributed by atoms with Gasteiger partial charge < -0.3 is 15.0 Å². The molecule has 2 aromatic carbocycles. The first-order valence-corrected chi connectivity index (χ1v) is 6.40. The molecule has 0 saturated heterocycles. The summed E-state index contributed by atoms with van der Waals surface area (Å²) in [6, 6.07) is 13.4. The van der Waals surface area contributed by atoms with Gasteiger partial charge in [-0.25, -0.2) is 4.39 Å². The molecule has 0 aliphatic carbocycles. The number of para-hydroxylation sites is 1. The average Bonchev–Trinajstić information content (AvgIpc) is 2.93. The SMILES string of the molecule is COc1ccc(F)c(NC(=O)c2cc3ccccc3[nH]2)c1. The molecule has 0 fully saturated rings. The molecule has 3 aromatic rings. The molecule has 0 saturated carbocycles. The number of ether oxygens (including phenoxy) is 1. The quantitative estimate of drug-likeness (QED) is 0.772. The second kappa shape index (κ2) is 5.28. The summed E-state index contributed by atoms with van der Waals surface area (Å²) in [5.41, 5.74) is 1.31. The van der Waals surface area contributed by atoms with Crippen LogP contribution in [0.1, 0.15) is 10.5 Å². The number of nitrogens with one attached hydrogen (secondary N) is 2. The molecule has 2 N–H and O–H groups in total. The summed E-state index contributed by atoms with van der Waals surface area (Å²) < 4.78 is 18.7. The molecular formula is C16H13FN2O2. The number of carbonyl (C=O) groups is 1. The summed E-state index contributed by atoms with van der Waals surface area (Å²) in [7, 11) is 1.48. The molecule has 0 spiro atoms. The van der Waals surface area contributed by atoms with Crippen molar-refractivity contribution in [2.24, 2.45) is 0 Å². The number of H-pyrrole nitrogens is 1. The maximum absolute atomic E-state index is 13.7. The molecule has 1 aromatic heterocycles. The van der Waals surface area contributed by atoms with Gasteiger partial charge >= 0.3 is 0 Å². The van der Waals surface area contributed by atoms with Crippen LogP contribution in [0.5, 0.6) is 5.75 Å². The Morgan fingerprint density at radius 2 is 2.00 bits per heavy atom. The summed E-state index contributed by atoms with van der Waals surface area (Å²) in [5, 5.41) is 3.46. The van der Waals surface area contributed by atoms with E-state index in [2.05, 4.69) is 10.3 Å².